The van der Waals surface area contributed by atoms with E-state index < -0.39 is 16.4 Å². The summed E-state index contributed by atoms with van der Waals surface area (Å²) in [5.74, 6) is -0.811. The second kappa shape index (κ2) is 6.20. The highest BCUT2D eigenvalue weighted by Gasteiger charge is 2.26. The lowest BCUT2D eigenvalue weighted by Crippen LogP contribution is -2.13. The van der Waals surface area contributed by atoms with Gasteiger partial charge >= 0.3 is 5.69 Å². The Morgan fingerprint density at radius 1 is 1.25 bits per heavy atom. The van der Waals surface area contributed by atoms with E-state index in [2.05, 4.69) is 31.4 Å². The smallest absolute Gasteiger partial charge is 0.311 e. The summed E-state index contributed by atoms with van der Waals surface area (Å²) in [6.07, 6.45) is 1.27. The summed E-state index contributed by atoms with van der Waals surface area (Å²) in [4.78, 5) is 22.0. The fraction of sp³-hybridized carbons (Fsp3) is 0. The molecular weight excluding hydrogens is 380 g/mol. The lowest BCUT2D eigenvalue weighted by atomic mass is 10.1. The largest absolute Gasteiger partial charge is 0.502 e. The van der Waals surface area contributed by atoms with Crippen molar-refractivity contribution in [3.63, 3.8) is 0 Å². The summed E-state index contributed by atoms with van der Waals surface area (Å²) < 4.78 is 0.795. The van der Waals surface area contributed by atoms with Crippen molar-refractivity contribution in [1.29, 1.82) is 0 Å². The molecule has 0 saturated heterocycles. The third kappa shape index (κ3) is 3.01. The molecule has 2 N–H and O–H groups in total. The lowest BCUT2D eigenvalue weighted by Gasteiger charge is -1.97. The Bertz CT molecular complexity index is 924. The van der Waals surface area contributed by atoms with E-state index in [4.69, 9.17) is 0 Å². The number of carbonyl (C=O) groups is 1. The Morgan fingerprint density at radius 2 is 2.04 bits per heavy atom. The summed E-state index contributed by atoms with van der Waals surface area (Å²) in [5, 5.41) is 30.6. The quantitative estimate of drug-likeness (QED) is 0.477. The molecule has 1 heterocycles. The minimum atomic E-state index is -0.698. The summed E-state index contributed by atoms with van der Waals surface area (Å²) in [6, 6.07) is 9.09. The molecule has 0 saturated carbocycles. The summed E-state index contributed by atoms with van der Waals surface area (Å²) in [7, 11) is 0. The minimum absolute atomic E-state index is 0.149. The molecule has 0 spiro atoms. The fourth-order valence-electron chi connectivity index (χ4n) is 2.14. The van der Waals surface area contributed by atoms with Crippen LogP contribution < -0.4 is 5.32 Å². The second-order valence-corrected chi connectivity index (χ2v) is 5.76. The number of nitro benzene ring substituents is 1. The normalized spacial score (nSPS) is 14.9. The molecule has 0 fully saturated rings. The van der Waals surface area contributed by atoms with Gasteiger partial charge in [0.05, 0.1) is 16.8 Å². The van der Waals surface area contributed by atoms with E-state index >= 15 is 0 Å². The number of rotatable bonds is 3. The van der Waals surface area contributed by atoms with Crippen LogP contribution in [0.15, 0.2) is 51.1 Å². The van der Waals surface area contributed by atoms with E-state index in [1.807, 2.05) is 0 Å². The zero-order chi connectivity index (χ0) is 17.3. The third-order valence-corrected chi connectivity index (χ3v) is 3.75. The molecule has 24 heavy (non-hydrogen) atoms. The van der Waals surface area contributed by atoms with Crippen LogP contribution in [-0.2, 0) is 4.79 Å². The number of amides is 1. The molecule has 3 rings (SSSR count). The third-order valence-electron chi connectivity index (χ3n) is 3.26. The molecule has 0 radical (unpaired) electrons. The highest BCUT2D eigenvalue weighted by atomic mass is 79.9. The topological polar surface area (TPSA) is 117 Å². The summed E-state index contributed by atoms with van der Waals surface area (Å²) in [5.41, 5.74) is 1.34. The van der Waals surface area contributed by atoms with Crippen molar-refractivity contribution in [2.24, 2.45) is 10.2 Å². The van der Waals surface area contributed by atoms with E-state index in [0.717, 1.165) is 10.5 Å². The average molecular weight is 389 g/mol. The highest BCUT2D eigenvalue weighted by Crippen LogP contribution is 2.27. The molecule has 2 aromatic rings. The Balaban J connectivity index is 1.90. The first-order chi connectivity index (χ1) is 11.5. The van der Waals surface area contributed by atoms with Gasteiger partial charge in [0.15, 0.2) is 11.5 Å². The molecule has 1 amide bonds. The molecule has 1 aliphatic rings. The van der Waals surface area contributed by atoms with Crippen molar-refractivity contribution < 1.29 is 14.8 Å². The number of nitrogens with zero attached hydrogens (tertiary/aromatic N) is 3. The summed E-state index contributed by atoms with van der Waals surface area (Å²) >= 11 is 3.33. The van der Waals surface area contributed by atoms with Crippen LogP contribution in [0.2, 0.25) is 0 Å². The number of hydrogen-bond donors (Lipinski definition) is 2. The van der Waals surface area contributed by atoms with Gasteiger partial charge in [0.2, 0.25) is 0 Å². The van der Waals surface area contributed by atoms with Crippen LogP contribution in [0.5, 0.6) is 5.75 Å². The van der Waals surface area contributed by atoms with Crippen molar-refractivity contribution >= 4 is 45.1 Å². The number of phenols is 1. The highest BCUT2D eigenvalue weighted by molar-refractivity contribution is 9.10. The van der Waals surface area contributed by atoms with Crippen molar-refractivity contribution in [2.45, 2.75) is 0 Å². The van der Waals surface area contributed by atoms with Gasteiger partial charge in [0.25, 0.3) is 5.91 Å². The first-order valence-corrected chi connectivity index (χ1v) is 7.45. The number of hydrogen-bond acceptors (Lipinski definition) is 6. The van der Waals surface area contributed by atoms with Gasteiger partial charge in [0.1, 0.15) is 0 Å². The summed E-state index contributed by atoms with van der Waals surface area (Å²) in [6.45, 7) is 0. The maximum absolute atomic E-state index is 11.9. The van der Waals surface area contributed by atoms with Crippen LogP contribution in [0.4, 0.5) is 11.4 Å². The van der Waals surface area contributed by atoms with Crippen molar-refractivity contribution in [3.05, 3.63) is 62.1 Å². The monoisotopic (exact) mass is 388 g/mol. The van der Waals surface area contributed by atoms with Crippen LogP contribution >= 0.6 is 15.9 Å². The molecule has 0 aliphatic carbocycles. The molecule has 0 bridgehead atoms. The molecule has 120 valence electrons. The molecule has 8 nitrogen and oxygen atoms in total. The Hall–Kier alpha value is -3.07. The van der Waals surface area contributed by atoms with Gasteiger partial charge in [-0.25, -0.2) is 0 Å². The number of halogens is 1. The molecule has 2 aromatic carbocycles. The molecule has 9 heteroatoms. The Kier molecular flexibility index (Phi) is 4.09. The van der Waals surface area contributed by atoms with Gasteiger partial charge in [-0.2, -0.15) is 5.10 Å². The van der Waals surface area contributed by atoms with Gasteiger partial charge in [-0.3, -0.25) is 14.9 Å². The predicted molar refractivity (Wildman–Crippen MR) is 91.7 cm³/mol. The number of benzene rings is 2. The fourth-order valence-corrected chi connectivity index (χ4v) is 2.51. The van der Waals surface area contributed by atoms with Gasteiger partial charge in [-0.05, 0) is 30.3 Å². The molecule has 0 unspecified atom stereocenters. The van der Waals surface area contributed by atoms with Crippen LogP contribution in [0, 0.1) is 10.1 Å². The molecular formula is C15H9BrN4O4. The molecule has 0 aromatic heterocycles. The van der Waals surface area contributed by atoms with Crippen molar-refractivity contribution in [3.8, 4) is 5.75 Å². The van der Waals surface area contributed by atoms with Gasteiger partial charge < -0.3 is 10.4 Å². The maximum atomic E-state index is 11.9. The number of anilines is 1. The number of nitrogens with one attached hydrogen (secondary N) is 1. The predicted octanol–water partition coefficient (Wildman–Crippen LogP) is 2.84. The zero-order valence-electron chi connectivity index (χ0n) is 11.9. The first kappa shape index (κ1) is 15.8. The number of carbonyl (C=O) groups excluding carboxylic acids is 1. The number of aromatic hydroxyl groups is 1. The average Bonchev–Trinajstić information content (AvgIpc) is 2.84. The Morgan fingerprint density at radius 3 is 2.79 bits per heavy atom. The van der Waals surface area contributed by atoms with E-state index in [-0.39, 0.29) is 11.6 Å². The molecule has 0 atom stereocenters. The van der Waals surface area contributed by atoms with E-state index in [9.17, 15) is 20.0 Å². The second-order valence-electron chi connectivity index (χ2n) is 4.84. The van der Waals surface area contributed by atoms with E-state index in [0.29, 0.717) is 16.8 Å². The number of fused-ring (bicyclic) bond motifs is 1. The van der Waals surface area contributed by atoms with E-state index in [1.54, 1.807) is 18.2 Å². The van der Waals surface area contributed by atoms with Gasteiger partial charge in [0, 0.05) is 21.7 Å². The van der Waals surface area contributed by atoms with Crippen molar-refractivity contribution in [1.82, 2.24) is 0 Å². The lowest BCUT2D eigenvalue weighted by molar-refractivity contribution is -0.385. The number of nitro groups is 1. The maximum Gasteiger partial charge on any atom is 0.311 e. The van der Waals surface area contributed by atoms with Gasteiger partial charge in [-0.1, -0.05) is 15.9 Å². The number of phenolic OH excluding ortho intramolecular Hbond substituents is 1. The Labute approximate surface area is 143 Å². The van der Waals surface area contributed by atoms with Crippen LogP contribution in [0.3, 0.4) is 0 Å². The standard InChI is InChI=1S/C15H9BrN4O4/c16-9-2-3-11-10(6-9)14(15(22)18-11)19-17-7-8-1-4-13(21)12(5-8)20(23)24/h1-7,21H,(H,18,19,22). The zero-order valence-corrected chi connectivity index (χ0v) is 13.5. The van der Waals surface area contributed by atoms with E-state index in [1.165, 1.54) is 18.3 Å². The molecule has 1 aliphatic heterocycles. The first-order valence-electron chi connectivity index (χ1n) is 6.65. The minimum Gasteiger partial charge on any atom is -0.502 e. The van der Waals surface area contributed by atoms with Crippen molar-refractivity contribution in [2.75, 3.05) is 5.32 Å². The van der Waals surface area contributed by atoms with Gasteiger partial charge in [-0.15, -0.1) is 5.10 Å². The van der Waals surface area contributed by atoms with Crippen LogP contribution in [0.25, 0.3) is 0 Å². The SMILES string of the molecule is O=C1Nc2ccc(Br)cc2C1=NN=Cc1ccc(O)c([N+](=O)[O-])c1. The van der Waals surface area contributed by atoms with Crippen LogP contribution in [0.1, 0.15) is 11.1 Å². The van der Waals surface area contributed by atoms with Crippen LogP contribution in [-0.4, -0.2) is 27.9 Å².